The number of aliphatic hydroxyl groups is 1. The Morgan fingerprint density at radius 2 is 1.36 bits per heavy atom. The van der Waals surface area contributed by atoms with Gasteiger partial charge in [-0.3, -0.25) is 0 Å². The van der Waals surface area contributed by atoms with Crippen LogP contribution in [0.5, 0.6) is 0 Å². The zero-order chi connectivity index (χ0) is 18.8. The van der Waals surface area contributed by atoms with Crippen LogP contribution in [0.2, 0.25) is 24.2 Å². The van der Waals surface area contributed by atoms with E-state index in [4.69, 9.17) is 0 Å². The van der Waals surface area contributed by atoms with Gasteiger partial charge in [-0.25, -0.2) is 0 Å². The van der Waals surface area contributed by atoms with Crippen molar-refractivity contribution in [3.05, 3.63) is 12.7 Å². The fourth-order valence-electron chi connectivity index (χ4n) is 5.21. The van der Waals surface area contributed by atoms with Crippen LogP contribution in [-0.2, 0) is 0 Å². The molecule has 0 saturated heterocycles. The topological polar surface area (TPSA) is 20.2 Å². The molecule has 1 saturated carbocycles. The van der Waals surface area contributed by atoms with Gasteiger partial charge in [0.05, 0.1) is 13.7 Å². The molecule has 1 unspecified atom stereocenters. The molecule has 0 amide bonds. The van der Waals surface area contributed by atoms with E-state index in [0.717, 1.165) is 12.8 Å². The molecule has 25 heavy (non-hydrogen) atoms. The first-order chi connectivity index (χ1) is 11.9. The molecule has 0 radical (unpaired) electrons. The van der Waals surface area contributed by atoms with Crippen molar-refractivity contribution in [2.45, 2.75) is 128 Å². The Balaban J connectivity index is 3.09. The Bertz CT molecular complexity index is 351. The number of hydrogen-bond acceptors (Lipinski definition) is 1. The third kappa shape index (κ3) is 6.24. The third-order valence-corrected chi connectivity index (χ3v) is 12.8. The van der Waals surface area contributed by atoms with Gasteiger partial charge in [0.1, 0.15) is 0 Å². The average molecular weight is 367 g/mol. The minimum Gasteiger partial charge on any atom is -0.389 e. The van der Waals surface area contributed by atoms with Gasteiger partial charge in [0.25, 0.3) is 0 Å². The maximum Gasteiger partial charge on any atom is 0.0732 e. The van der Waals surface area contributed by atoms with E-state index in [1.807, 2.05) is 0 Å². The summed E-state index contributed by atoms with van der Waals surface area (Å²) in [7, 11) is -1.38. The van der Waals surface area contributed by atoms with Crippen LogP contribution >= 0.6 is 0 Å². The maximum atomic E-state index is 11.6. The molecule has 0 heterocycles. The van der Waals surface area contributed by atoms with Crippen LogP contribution in [0.3, 0.4) is 0 Å². The minimum absolute atomic E-state index is 0.0884. The van der Waals surface area contributed by atoms with Gasteiger partial charge in [0.15, 0.2) is 0 Å². The fraction of sp³-hybridized carbons (Fsp3) is 0.913. The fourth-order valence-corrected chi connectivity index (χ4v) is 11.8. The summed E-state index contributed by atoms with van der Waals surface area (Å²) < 4.78 is 0. The quantitative estimate of drug-likeness (QED) is 0.261. The van der Waals surface area contributed by atoms with Gasteiger partial charge in [0.2, 0.25) is 0 Å². The summed E-state index contributed by atoms with van der Waals surface area (Å²) in [6.45, 7) is 13.6. The van der Waals surface area contributed by atoms with E-state index < -0.39 is 13.7 Å². The second-order valence-corrected chi connectivity index (χ2v) is 14.1. The van der Waals surface area contributed by atoms with Crippen molar-refractivity contribution >= 4 is 8.07 Å². The van der Waals surface area contributed by atoms with Crippen LogP contribution < -0.4 is 0 Å². The molecule has 1 aliphatic rings. The first-order valence-corrected chi connectivity index (χ1v) is 14.1. The van der Waals surface area contributed by atoms with Crippen LogP contribution in [0.15, 0.2) is 12.7 Å². The van der Waals surface area contributed by atoms with Crippen molar-refractivity contribution in [2.75, 3.05) is 0 Å². The Hall–Kier alpha value is -0.0831. The summed E-state index contributed by atoms with van der Waals surface area (Å²) >= 11 is 0. The molecule has 1 aliphatic carbocycles. The first-order valence-electron chi connectivity index (χ1n) is 11.3. The number of hydrogen-bond donors (Lipinski definition) is 1. The lowest BCUT2D eigenvalue weighted by molar-refractivity contribution is -0.0712. The molecule has 1 N–H and O–H groups in total. The predicted molar refractivity (Wildman–Crippen MR) is 116 cm³/mol. The zero-order valence-corrected chi connectivity index (χ0v) is 18.8. The van der Waals surface area contributed by atoms with Gasteiger partial charge >= 0.3 is 0 Å². The van der Waals surface area contributed by atoms with E-state index in [1.165, 1.54) is 82.0 Å². The first kappa shape index (κ1) is 23.0. The molecule has 148 valence electrons. The van der Waals surface area contributed by atoms with Gasteiger partial charge < -0.3 is 5.11 Å². The largest absolute Gasteiger partial charge is 0.389 e. The van der Waals surface area contributed by atoms with E-state index in [2.05, 4.69) is 40.3 Å². The highest BCUT2D eigenvalue weighted by molar-refractivity contribution is 6.80. The van der Waals surface area contributed by atoms with E-state index in [-0.39, 0.29) is 5.41 Å². The summed E-state index contributed by atoms with van der Waals surface area (Å²) in [5, 5.41) is 11.6. The highest BCUT2D eigenvalue weighted by Crippen LogP contribution is 2.50. The molecule has 1 atom stereocenters. The molecule has 1 fully saturated rings. The van der Waals surface area contributed by atoms with Gasteiger partial charge in [0, 0.05) is 5.41 Å². The molecule has 2 heteroatoms. The molecule has 0 aromatic heterocycles. The summed E-state index contributed by atoms with van der Waals surface area (Å²) in [5.74, 6) is 0. The van der Waals surface area contributed by atoms with Crippen LogP contribution in [-0.4, -0.2) is 18.8 Å². The molecule has 0 aromatic rings. The van der Waals surface area contributed by atoms with Gasteiger partial charge in [-0.15, -0.1) is 6.58 Å². The number of rotatable bonds is 13. The van der Waals surface area contributed by atoms with Crippen LogP contribution in [0, 0.1) is 5.41 Å². The van der Waals surface area contributed by atoms with Crippen LogP contribution in [0.1, 0.15) is 98.3 Å². The Morgan fingerprint density at radius 1 is 0.920 bits per heavy atom. The van der Waals surface area contributed by atoms with Crippen molar-refractivity contribution in [2.24, 2.45) is 5.41 Å². The molecule has 0 spiro atoms. The highest BCUT2D eigenvalue weighted by Gasteiger charge is 2.49. The Kier molecular flexibility index (Phi) is 10.0. The smallest absolute Gasteiger partial charge is 0.0732 e. The Morgan fingerprint density at radius 3 is 1.72 bits per heavy atom. The summed E-state index contributed by atoms with van der Waals surface area (Å²) in [6.07, 6.45) is 15.9. The second kappa shape index (κ2) is 10.9. The van der Waals surface area contributed by atoms with Crippen molar-refractivity contribution in [3.8, 4) is 0 Å². The third-order valence-electron chi connectivity index (χ3n) is 7.12. The molecule has 0 aliphatic heterocycles. The average Bonchev–Trinajstić information content (AvgIpc) is 2.63. The maximum absolute atomic E-state index is 11.6. The van der Waals surface area contributed by atoms with Gasteiger partial charge in [-0.05, 0) is 18.9 Å². The van der Waals surface area contributed by atoms with Crippen LogP contribution in [0.4, 0.5) is 0 Å². The standard InChI is InChI=1S/C23H46OSi/c1-6-10-18-25(19-11-7-2,20-12-8-3)21-22(5,9-4)23(24)16-14-13-15-17-23/h9,24H,4,6-8,10-21H2,1-3,5H3. The lowest BCUT2D eigenvalue weighted by Crippen LogP contribution is -2.52. The van der Waals surface area contributed by atoms with Crippen molar-refractivity contribution in [1.29, 1.82) is 0 Å². The predicted octanol–water partition coefficient (Wildman–Crippen LogP) is 7.72. The van der Waals surface area contributed by atoms with E-state index in [0.29, 0.717) is 0 Å². The summed E-state index contributed by atoms with van der Waals surface area (Å²) in [4.78, 5) is 0. The molecule has 1 nitrogen and oxygen atoms in total. The normalized spacial score (nSPS) is 20.2. The second-order valence-electron chi connectivity index (χ2n) is 9.20. The molecule has 1 rings (SSSR count). The van der Waals surface area contributed by atoms with Crippen molar-refractivity contribution < 1.29 is 5.11 Å². The summed E-state index contributed by atoms with van der Waals surface area (Å²) in [6, 6.07) is 5.65. The van der Waals surface area contributed by atoms with Crippen molar-refractivity contribution in [3.63, 3.8) is 0 Å². The molecule has 0 bridgehead atoms. The molecular formula is C23H46OSi. The minimum atomic E-state index is -1.38. The van der Waals surface area contributed by atoms with Gasteiger partial charge in [-0.1, -0.05) is 110 Å². The molecule has 0 aromatic carbocycles. The molecular weight excluding hydrogens is 320 g/mol. The van der Waals surface area contributed by atoms with E-state index in [1.54, 1.807) is 0 Å². The van der Waals surface area contributed by atoms with Crippen molar-refractivity contribution in [1.82, 2.24) is 0 Å². The van der Waals surface area contributed by atoms with Gasteiger partial charge in [-0.2, -0.15) is 0 Å². The van der Waals surface area contributed by atoms with E-state index in [9.17, 15) is 5.11 Å². The van der Waals surface area contributed by atoms with E-state index >= 15 is 0 Å². The monoisotopic (exact) mass is 366 g/mol. The summed E-state index contributed by atoms with van der Waals surface area (Å²) in [5.41, 5.74) is -0.592. The number of unbranched alkanes of at least 4 members (excludes halogenated alkanes) is 3. The SMILES string of the molecule is C=CC(C)(C[Si](CCCC)(CCCC)CCCC)C1(O)CCCCC1. The Labute approximate surface area is 159 Å². The zero-order valence-electron chi connectivity index (χ0n) is 17.8. The van der Waals surface area contributed by atoms with Crippen LogP contribution in [0.25, 0.3) is 0 Å². The lowest BCUT2D eigenvalue weighted by atomic mass is 9.67. The lowest BCUT2D eigenvalue weighted by Gasteiger charge is -2.50. The highest BCUT2D eigenvalue weighted by atomic mass is 28.3.